The fourth-order valence-electron chi connectivity index (χ4n) is 1.34. The van der Waals surface area contributed by atoms with Gasteiger partial charge in [-0.05, 0) is 41.1 Å². The summed E-state index contributed by atoms with van der Waals surface area (Å²) < 4.78 is 5.61. The first-order chi connectivity index (χ1) is 8.08. The van der Waals surface area contributed by atoms with Crippen molar-refractivity contribution in [3.8, 4) is 0 Å². The van der Waals surface area contributed by atoms with E-state index in [4.69, 9.17) is 10.3 Å². The average Bonchev–Trinajstić information content (AvgIpc) is 2.70. The van der Waals surface area contributed by atoms with E-state index in [2.05, 4.69) is 26.4 Å². The topological polar surface area (TPSA) is 81.2 Å². The summed E-state index contributed by atoms with van der Waals surface area (Å²) >= 11 is 3.28. The van der Waals surface area contributed by atoms with Crippen LogP contribution in [0.3, 0.4) is 0 Å². The third kappa shape index (κ3) is 2.47. The average molecular weight is 296 g/mol. The number of halogens is 1. The van der Waals surface area contributed by atoms with E-state index in [1.54, 1.807) is 25.1 Å². The van der Waals surface area contributed by atoms with Crippen LogP contribution >= 0.6 is 15.9 Å². The molecule has 3 N–H and O–H groups in total. The lowest BCUT2D eigenvalue weighted by Crippen LogP contribution is -2.12. The second-order valence-corrected chi connectivity index (χ2v) is 4.34. The first kappa shape index (κ1) is 11.7. The molecule has 2 rings (SSSR count). The number of aryl methyl sites for hydroxylation is 1. The molecule has 0 atom stereocenters. The van der Waals surface area contributed by atoms with Crippen molar-refractivity contribution in [3.63, 3.8) is 0 Å². The van der Waals surface area contributed by atoms with E-state index in [9.17, 15) is 4.79 Å². The van der Waals surface area contributed by atoms with Gasteiger partial charge in [-0.3, -0.25) is 4.79 Å². The monoisotopic (exact) mass is 295 g/mol. The summed E-state index contributed by atoms with van der Waals surface area (Å²) in [6.07, 6.45) is 1.38. The molecule has 0 saturated carbocycles. The fourth-order valence-corrected chi connectivity index (χ4v) is 1.58. The van der Waals surface area contributed by atoms with Crippen LogP contribution in [0, 0.1) is 6.92 Å². The van der Waals surface area contributed by atoms with Gasteiger partial charge in [0.1, 0.15) is 11.3 Å². The molecule has 0 unspecified atom stereocenters. The molecule has 5 nitrogen and oxygen atoms in total. The number of rotatable bonds is 2. The molecule has 17 heavy (non-hydrogen) atoms. The van der Waals surface area contributed by atoms with E-state index < -0.39 is 0 Å². The maximum absolute atomic E-state index is 11.8. The Hall–Kier alpha value is -1.82. The lowest BCUT2D eigenvalue weighted by Gasteiger charge is -2.05. The Morgan fingerprint density at radius 1 is 1.53 bits per heavy atom. The third-order valence-corrected chi connectivity index (χ3v) is 2.97. The second kappa shape index (κ2) is 4.58. The van der Waals surface area contributed by atoms with Gasteiger partial charge in [-0.1, -0.05) is 5.16 Å². The van der Waals surface area contributed by atoms with Gasteiger partial charge in [0.2, 0.25) is 0 Å². The Bertz CT molecular complexity index is 566. The van der Waals surface area contributed by atoms with Gasteiger partial charge in [0.05, 0.1) is 6.20 Å². The fraction of sp³-hybridized carbons (Fsp3) is 0.0909. The first-order valence-electron chi connectivity index (χ1n) is 4.85. The van der Waals surface area contributed by atoms with Crippen LogP contribution < -0.4 is 11.1 Å². The van der Waals surface area contributed by atoms with Gasteiger partial charge in [-0.2, -0.15) is 0 Å². The Labute approximate surface area is 106 Å². The smallest absolute Gasteiger partial charge is 0.260 e. The van der Waals surface area contributed by atoms with Crippen LogP contribution in [0.25, 0.3) is 0 Å². The summed E-state index contributed by atoms with van der Waals surface area (Å²) in [5.41, 5.74) is 7.31. The molecule has 2 aromatic rings. The summed E-state index contributed by atoms with van der Waals surface area (Å²) in [4.78, 5) is 11.8. The van der Waals surface area contributed by atoms with Crippen molar-refractivity contribution < 1.29 is 9.32 Å². The van der Waals surface area contributed by atoms with Crippen molar-refractivity contribution in [1.29, 1.82) is 0 Å². The molecule has 0 radical (unpaired) electrons. The van der Waals surface area contributed by atoms with E-state index in [1.807, 2.05) is 0 Å². The molecular formula is C11H10BrN3O2. The highest BCUT2D eigenvalue weighted by Gasteiger charge is 2.13. The summed E-state index contributed by atoms with van der Waals surface area (Å²) in [7, 11) is 0. The largest absolute Gasteiger partial charge is 0.398 e. The first-order valence-corrected chi connectivity index (χ1v) is 5.65. The van der Waals surface area contributed by atoms with E-state index in [1.165, 1.54) is 6.20 Å². The normalized spacial score (nSPS) is 10.2. The molecule has 0 aliphatic carbocycles. The number of nitrogen functional groups attached to an aromatic ring is 1. The third-order valence-electron chi connectivity index (χ3n) is 2.25. The van der Waals surface area contributed by atoms with Crippen molar-refractivity contribution in [1.82, 2.24) is 5.16 Å². The van der Waals surface area contributed by atoms with Crippen LogP contribution in [0.1, 0.15) is 16.1 Å². The molecule has 6 heteroatoms. The SMILES string of the molecule is Cc1oncc1C(=O)Nc1ccc(Br)c(N)c1. The lowest BCUT2D eigenvalue weighted by atomic mass is 10.2. The lowest BCUT2D eigenvalue weighted by molar-refractivity contribution is 0.102. The number of nitrogens with two attached hydrogens (primary N) is 1. The van der Waals surface area contributed by atoms with Gasteiger partial charge in [0.15, 0.2) is 0 Å². The van der Waals surface area contributed by atoms with E-state index in [0.717, 1.165) is 4.47 Å². The number of nitrogens with zero attached hydrogens (tertiary/aromatic N) is 1. The summed E-state index contributed by atoms with van der Waals surface area (Å²) in [6.45, 7) is 1.68. The molecule has 0 aliphatic heterocycles. The highest BCUT2D eigenvalue weighted by molar-refractivity contribution is 9.10. The summed E-state index contributed by atoms with van der Waals surface area (Å²) in [5, 5.41) is 6.26. The standard InChI is InChI=1S/C11H10BrN3O2/c1-6-8(5-14-17-6)11(16)15-7-2-3-9(12)10(13)4-7/h2-5H,13H2,1H3,(H,15,16). The number of nitrogens with one attached hydrogen (secondary N) is 1. The highest BCUT2D eigenvalue weighted by atomic mass is 79.9. The molecule has 88 valence electrons. The predicted octanol–water partition coefficient (Wildman–Crippen LogP) is 2.58. The highest BCUT2D eigenvalue weighted by Crippen LogP contribution is 2.23. The molecule has 1 aromatic carbocycles. The zero-order chi connectivity index (χ0) is 12.4. The number of anilines is 2. The number of benzene rings is 1. The van der Waals surface area contributed by atoms with Crippen LogP contribution in [-0.2, 0) is 0 Å². The molecule has 0 fully saturated rings. The molecule has 1 aromatic heterocycles. The van der Waals surface area contributed by atoms with Crippen molar-refractivity contribution in [2.24, 2.45) is 0 Å². The van der Waals surface area contributed by atoms with Crippen molar-refractivity contribution >= 4 is 33.2 Å². The minimum absolute atomic E-state index is 0.273. The van der Waals surface area contributed by atoms with Gasteiger partial charge in [-0.15, -0.1) is 0 Å². The van der Waals surface area contributed by atoms with E-state index >= 15 is 0 Å². The zero-order valence-corrected chi connectivity index (χ0v) is 10.6. The van der Waals surface area contributed by atoms with Crippen LogP contribution in [0.2, 0.25) is 0 Å². The van der Waals surface area contributed by atoms with Gasteiger partial charge < -0.3 is 15.6 Å². The number of carbonyl (C=O) groups is 1. The van der Waals surface area contributed by atoms with Crippen LogP contribution in [0.15, 0.2) is 33.4 Å². The zero-order valence-electron chi connectivity index (χ0n) is 9.03. The van der Waals surface area contributed by atoms with Crippen molar-refractivity contribution in [2.75, 3.05) is 11.1 Å². The molecular weight excluding hydrogens is 286 g/mol. The maximum atomic E-state index is 11.8. The second-order valence-electron chi connectivity index (χ2n) is 3.49. The maximum Gasteiger partial charge on any atom is 0.260 e. The Kier molecular flexibility index (Phi) is 3.14. The van der Waals surface area contributed by atoms with Gasteiger partial charge in [0, 0.05) is 15.8 Å². The van der Waals surface area contributed by atoms with Crippen LogP contribution in [0.4, 0.5) is 11.4 Å². The van der Waals surface area contributed by atoms with Gasteiger partial charge in [0.25, 0.3) is 5.91 Å². The predicted molar refractivity (Wildman–Crippen MR) is 67.7 cm³/mol. The number of carbonyl (C=O) groups excluding carboxylic acids is 1. The van der Waals surface area contributed by atoms with Crippen molar-refractivity contribution in [3.05, 3.63) is 40.2 Å². The molecule has 0 spiro atoms. The number of aromatic nitrogens is 1. The number of hydrogen-bond donors (Lipinski definition) is 2. The van der Waals surface area contributed by atoms with E-state index in [0.29, 0.717) is 22.7 Å². The molecule has 0 aliphatic rings. The van der Waals surface area contributed by atoms with Gasteiger partial charge >= 0.3 is 0 Å². The van der Waals surface area contributed by atoms with Crippen LogP contribution in [-0.4, -0.2) is 11.1 Å². The minimum atomic E-state index is -0.273. The molecule has 1 amide bonds. The number of hydrogen-bond acceptors (Lipinski definition) is 4. The molecule has 0 saturated heterocycles. The Balaban J connectivity index is 2.19. The van der Waals surface area contributed by atoms with Crippen LogP contribution in [0.5, 0.6) is 0 Å². The Morgan fingerprint density at radius 3 is 2.88 bits per heavy atom. The molecule has 0 bridgehead atoms. The van der Waals surface area contributed by atoms with Gasteiger partial charge in [-0.25, -0.2) is 0 Å². The molecule has 1 heterocycles. The summed E-state index contributed by atoms with van der Waals surface area (Å²) in [6, 6.07) is 5.19. The quantitative estimate of drug-likeness (QED) is 0.835. The Morgan fingerprint density at radius 2 is 2.29 bits per heavy atom. The minimum Gasteiger partial charge on any atom is -0.398 e. The summed E-state index contributed by atoms with van der Waals surface area (Å²) in [5.74, 6) is 0.207. The van der Waals surface area contributed by atoms with E-state index in [-0.39, 0.29) is 5.91 Å². The van der Waals surface area contributed by atoms with Crippen molar-refractivity contribution in [2.45, 2.75) is 6.92 Å². The number of amides is 1.